The van der Waals surface area contributed by atoms with Gasteiger partial charge in [0, 0.05) is 22.8 Å². The van der Waals surface area contributed by atoms with Crippen molar-refractivity contribution in [3.05, 3.63) is 64.7 Å². The van der Waals surface area contributed by atoms with Crippen molar-refractivity contribution in [1.29, 1.82) is 0 Å². The van der Waals surface area contributed by atoms with Gasteiger partial charge in [0.2, 0.25) is 5.91 Å². The van der Waals surface area contributed by atoms with E-state index in [0.717, 1.165) is 5.56 Å². The maximum Gasteiger partial charge on any atom is 0.251 e. The molecule has 0 aromatic heterocycles. The van der Waals surface area contributed by atoms with Gasteiger partial charge in [0.1, 0.15) is 0 Å². The van der Waals surface area contributed by atoms with E-state index in [9.17, 15) is 9.59 Å². The first-order chi connectivity index (χ1) is 11.4. The molecule has 0 saturated heterocycles. The molecule has 0 fully saturated rings. The summed E-state index contributed by atoms with van der Waals surface area (Å²) in [6.07, 6.45) is 0.272. The van der Waals surface area contributed by atoms with Gasteiger partial charge < -0.3 is 10.6 Å². The first kappa shape index (κ1) is 18.0. The Morgan fingerprint density at radius 3 is 2.21 bits per heavy atom. The van der Waals surface area contributed by atoms with Gasteiger partial charge in [0.15, 0.2) is 0 Å². The van der Waals surface area contributed by atoms with Crippen LogP contribution < -0.4 is 10.6 Å². The van der Waals surface area contributed by atoms with E-state index < -0.39 is 0 Å². The number of carbonyl (C=O) groups is 2. The van der Waals surface area contributed by atoms with Crippen molar-refractivity contribution in [3.63, 3.8) is 0 Å². The Bertz CT molecular complexity index is 694. The lowest BCUT2D eigenvalue weighted by Gasteiger charge is -2.09. The Kier molecular flexibility index (Phi) is 6.38. The molecule has 2 amide bonds. The van der Waals surface area contributed by atoms with Crippen LogP contribution in [0.4, 0.5) is 5.69 Å². The van der Waals surface area contributed by atoms with Gasteiger partial charge in [-0.15, -0.1) is 0 Å². The third-order valence-electron chi connectivity index (χ3n) is 3.38. The van der Waals surface area contributed by atoms with Crippen molar-refractivity contribution in [2.45, 2.75) is 20.3 Å². The number of amides is 2. The highest BCUT2D eigenvalue weighted by atomic mass is 35.5. The average molecular weight is 345 g/mol. The normalized spacial score (nSPS) is 10.5. The quantitative estimate of drug-likeness (QED) is 0.834. The van der Waals surface area contributed by atoms with Crippen LogP contribution in [0.25, 0.3) is 0 Å². The van der Waals surface area contributed by atoms with Gasteiger partial charge in [-0.1, -0.05) is 37.6 Å². The van der Waals surface area contributed by atoms with Gasteiger partial charge in [-0.3, -0.25) is 9.59 Å². The van der Waals surface area contributed by atoms with Crippen LogP contribution in [0, 0.1) is 5.92 Å². The molecule has 0 heterocycles. The topological polar surface area (TPSA) is 58.2 Å². The van der Waals surface area contributed by atoms with Crippen molar-refractivity contribution >= 4 is 29.1 Å². The number of hydrogen-bond donors (Lipinski definition) is 2. The Morgan fingerprint density at radius 1 is 1.00 bits per heavy atom. The number of halogens is 1. The van der Waals surface area contributed by atoms with E-state index >= 15 is 0 Å². The monoisotopic (exact) mass is 344 g/mol. The number of hydrogen-bond acceptors (Lipinski definition) is 2. The maximum absolute atomic E-state index is 12.0. The second-order valence-corrected chi connectivity index (χ2v) is 6.47. The van der Waals surface area contributed by atoms with Crippen LogP contribution in [-0.2, 0) is 11.2 Å². The fraction of sp³-hybridized carbons (Fsp3) is 0.263. The molecule has 0 bridgehead atoms. The van der Waals surface area contributed by atoms with Crippen molar-refractivity contribution in [2.24, 2.45) is 5.92 Å². The molecule has 0 unspecified atom stereocenters. The van der Waals surface area contributed by atoms with E-state index in [1.807, 2.05) is 26.0 Å². The molecule has 2 aromatic rings. The summed E-state index contributed by atoms with van der Waals surface area (Å²) in [5, 5.41) is 6.32. The van der Waals surface area contributed by atoms with Crippen LogP contribution in [0.5, 0.6) is 0 Å². The van der Waals surface area contributed by atoms with Gasteiger partial charge in [-0.25, -0.2) is 0 Å². The molecule has 24 heavy (non-hydrogen) atoms. The zero-order chi connectivity index (χ0) is 17.5. The summed E-state index contributed by atoms with van der Waals surface area (Å²) in [6.45, 7) is 4.72. The molecule has 0 aliphatic rings. The third-order valence-corrected chi connectivity index (χ3v) is 3.63. The second kappa shape index (κ2) is 8.50. The van der Waals surface area contributed by atoms with Crippen LogP contribution in [-0.4, -0.2) is 18.4 Å². The number of carbonyl (C=O) groups excluding carboxylic acids is 2. The lowest BCUT2D eigenvalue weighted by Crippen LogP contribution is -2.27. The molecular formula is C19H21ClN2O2. The van der Waals surface area contributed by atoms with Gasteiger partial charge in [0.05, 0.1) is 6.42 Å². The minimum atomic E-state index is -0.116. The third kappa shape index (κ3) is 5.70. The summed E-state index contributed by atoms with van der Waals surface area (Å²) < 4.78 is 0. The number of rotatable bonds is 6. The van der Waals surface area contributed by atoms with Crippen LogP contribution in [0.15, 0.2) is 48.5 Å². The predicted molar refractivity (Wildman–Crippen MR) is 97.4 cm³/mol. The molecule has 2 N–H and O–H groups in total. The molecular weight excluding hydrogens is 324 g/mol. The Balaban J connectivity index is 1.89. The van der Waals surface area contributed by atoms with Gasteiger partial charge in [0.25, 0.3) is 5.91 Å². The van der Waals surface area contributed by atoms with E-state index in [1.165, 1.54) is 0 Å². The van der Waals surface area contributed by atoms with Crippen LogP contribution in [0.1, 0.15) is 29.8 Å². The first-order valence-electron chi connectivity index (χ1n) is 7.86. The van der Waals surface area contributed by atoms with Crippen molar-refractivity contribution in [2.75, 3.05) is 11.9 Å². The highest BCUT2D eigenvalue weighted by molar-refractivity contribution is 6.30. The Morgan fingerprint density at radius 2 is 1.62 bits per heavy atom. The fourth-order valence-electron chi connectivity index (χ4n) is 2.10. The Hall–Kier alpha value is -2.33. The molecule has 0 aliphatic heterocycles. The minimum Gasteiger partial charge on any atom is -0.352 e. The van der Waals surface area contributed by atoms with Crippen molar-refractivity contribution < 1.29 is 9.59 Å². The highest BCUT2D eigenvalue weighted by Gasteiger charge is 2.08. The fourth-order valence-corrected chi connectivity index (χ4v) is 2.22. The van der Waals surface area contributed by atoms with Crippen molar-refractivity contribution in [3.8, 4) is 0 Å². The molecule has 2 aromatic carbocycles. The summed E-state index contributed by atoms with van der Waals surface area (Å²) in [7, 11) is 0. The van der Waals surface area contributed by atoms with E-state index in [-0.39, 0.29) is 18.2 Å². The van der Waals surface area contributed by atoms with Crippen LogP contribution in [0.2, 0.25) is 5.02 Å². The number of nitrogens with one attached hydrogen (secondary N) is 2. The molecule has 5 heteroatoms. The minimum absolute atomic E-state index is 0.109. The molecule has 0 aliphatic carbocycles. The number of benzene rings is 2. The predicted octanol–water partition coefficient (Wildman–Crippen LogP) is 3.91. The summed E-state index contributed by atoms with van der Waals surface area (Å²) in [5.74, 6) is 0.178. The van der Waals surface area contributed by atoms with Crippen LogP contribution in [0.3, 0.4) is 0 Å². The van der Waals surface area contributed by atoms with E-state index in [0.29, 0.717) is 28.7 Å². The standard InChI is InChI=1S/C19H21ClN2O2/c1-13(2)12-21-19(24)15-5-9-17(10-6-15)22-18(23)11-14-3-7-16(20)8-4-14/h3-10,13H,11-12H2,1-2H3,(H,21,24)(H,22,23). The van der Waals surface area contributed by atoms with Gasteiger partial charge in [-0.05, 0) is 47.9 Å². The lowest BCUT2D eigenvalue weighted by molar-refractivity contribution is -0.115. The molecule has 0 saturated carbocycles. The maximum atomic E-state index is 12.0. The summed E-state index contributed by atoms with van der Waals surface area (Å²) in [6, 6.07) is 14.0. The number of anilines is 1. The molecule has 0 atom stereocenters. The van der Waals surface area contributed by atoms with Crippen molar-refractivity contribution in [1.82, 2.24) is 5.32 Å². The van der Waals surface area contributed by atoms with Gasteiger partial charge >= 0.3 is 0 Å². The first-order valence-corrected chi connectivity index (χ1v) is 8.24. The molecule has 0 radical (unpaired) electrons. The zero-order valence-corrected chi connectivity index (χ0v) is 14.6. The lowest BCUT2D eigenvalue weighted by atomic mass is 10.1. The van der Waals surface area contributed by atoms with E-state index in [1.54, 1.807) is 36.4 Å². The summed E-state index contributed by atoms with van der Waals surface area (Å²) in [4.78, 5) is 24.0. The average Bonchev–Trinajstić information content (AvgIpc) is 2.55. The molecule has 2 rings (SSSR count). The second-order valence-electron chi connectivity index (χ2n) is 6.03. The largest absolute Gasteiger partial charge is 0.352 e. The molecule has 126 valence electrons. The van der Waals surface area contributed by atoms with Crippen LogP contribution >= 0.6 is 11.6 Å². The summed E-state index contributed by atoms with van der Waals surface area (Å²) in [5.41, 5.74) is 2.13. The zero-order valence-electron chi connectivity index (χ0n) is 13.8. The smallest absolute Gasteiger partial charge is 0.251 e. The van der Waals surface area contributed by atoms with Gasteiger partial charge in [-0.2, -0.15) is 0 Å². The van der Waals surface area contributed by atoms with E-state index in [4.69, 9.17) is 11.6 Å². The SMILES string of the molecule is CC(C)CNC(=O)c1ccc(NC(=O)Cc2ccc(Cl)cc2)cc1. The molecule has 0 spiro atoms. The highest BCUT2D eigenvalue weighted by Crippen LogP contribution is 2.13. The Labute approximate surface area is 147 Å². The van der Waals surface area contributed by atoms with E-state index in [2.05, 4.69) is 10.6 Å². The summed E-state index contributed by atoms with van der Waals surface area (Å²) >= 11 is 5.82. The molecule has 4 nitrogen and oxygen atoms in total.